The topological polar surface area (TPSA) is 75.3 Å². The summed E-state index contributed by atoms with van der Waals surface area (Å²) in [5, 5.41) is 9.93. The van der Waals surface area contributed by atoms with Crippen LogP contribution in [0.5, 0.6) is 0 Å². The molecule has 1 aromatic carbocycles. The van der Waals surface area contributed by atoms with Crippen molar-refractivity contribution in [3.63, 3.8) is 0 Å². The van der Waals surface area contributed by atoms with Crippen LogP contribution in [0.25, 0.3) is 0 Å². The first-order valence-corrected chi connectivity index (χ1v) is 10.2. The summed E-state index contributed by atoms with van der Waals surface area (Å²) in [5.41, 5.74) is 1.85. The summed E-state index contributed by atoms with van der Waals surface area (Å²) < 4.78 is 22.2. The van der Waals surface area contributed by atoms with E-state index >= 15 is 0 Å². The first kappa shape index (κ1) is 17.8. The number of urea groups is 1. The predicted molar refractivity (Wildman–Crippen MR) is 93.9 cm³/mol. The minimum atomic E-state index is -3.10. The van der Waals surface area contributed by atoms with Crippen molar-refractivity contribution >= 4 is 38.8 Å². The quantitative estimate of drug-likeness (QED) is 0.818. The molecular weight excluding hydrogens is 356 g/mol. The molecule has 0 radical (unpaired) electrons. The molecule has 8 heteroatoms. The van der Waals surface area contributed by atoms with Crippen LogP contribution < -0.4 is 10.6 Å². The fourth-order valence-electron chi connectivity index (χ4n) is 1.99. The molecule has 124 valence electrons. The van der Waals surface area contributed by atoms with Crippen molar-refractivity contribution in [2.75, 3.05) is 18.6 Å². The molecule has 2 rings (SSSR count). The zero-order valence-electron chi connectivity index (χ0n) is 12.5. The second-order valence-electron chi connectivity index (χ2n) is 5.07. The van der Waals surface area contributed by atoms with Crippen LogP contribution >= 0.6 is 22.9 Å². The van der Waals surface area contributed by atoms with Gasteiger partial charge in [-0.2, -0.15) is 11.3 Å². The molecule has 5 nitrogen and oxygen atoms in total. The number of hydrogen-bond donors (Lipinski definition) is 2. The summed E-state index contributed by atoms with van der Waals surface area (Å²) in [6.45, 7) is 0.0711. The molecule has 0 aliphatic rings. The maximum Gasteiger partial charge on any atom is 0.315 e. The van der Waals surface area contributed by atoms with Crippen molar-refractivity contribution in [2.24, 2.45) is 0 Å². The molecule has 1 unspecified atom stereocenters. The Hall–Kier alpha value is -1.57. The van der Waals surface area contributed by atoms with Gasteiger partial charge in [-0.15, -0.1) is 0 Å². The number of carbonyl (C=O) groups is 1. The highest BCUT2D eigenvalue weighted by Crippen LogP contribution is 2.25. The molecule has 2 aromatic rings. The van der Waals surface area contributed by atoms with Gasteiger partial charge in [-0.3, -0.25) is 0 Å². The molecular formula is C15H17ClN2O3S2. The molecule has 1 atom stereocenters. The van der Waals surface area contributed by atoms with Crippen LogP contribution in [0.4, 0.5) is 4.79 Å². The number of rotatable bonds is 6. The van der Waals surface area contributed by atoms with Gasteiger partial charge in [0.1, 0.15) is 9.84 Å². The Labute approximate surface area is 144 Å². The van der Waals surface area contributed by atoms with Crippen LogP contribution in [0.2, 0.25) is 5.02 Å². The van der Waals surface area contributed by atoms with Crippen molar-refractivity contribution in [2.45, 2.75) is 6.04 Å². The zero-order chi connectivity index (χ0) is 16.9. The van der Waals surface area contributed by atoms with Crippen molar-refractivity contribution < 1.29 is 13.2 Å². The maximum atomic E-state index is 12.0. The summed E-state index contributed by atoms with van der Waals surface area (Å²) in [4.78, 5) is 12.0. The average Bonchev–Trinajstić information content (AvgIpc) is 2.98. The van der Waals surface area contributed by atoms with E-state index in [1.54, 1.807) is 12.1 Å². The molecule has 0 bridgehead atoms. The van der Waals surface area contributed by atoms with E-state index in [9.17, 15) is 13.2 Å². The third kappa shape index (κ3) is 5.85. The number of hydrogen-bond acceptors (Lipinski definition) is 4. The van der Waals surface area contributed by atoms with Crippen molar-refractivity contribution in [1.82, 2.24) is 10.6 Å². The molecule has 1 aromatic heterocycles. The highest BCUT2D eigenvalue weighted by atomic mass is 35.5. The third-order valence-electron chi connectivity index (χ3n) is 3.11. The minimum absolute atomic E-state index is 0.0711. The fraction of sp³-hybridized carbons (Fsp3) is 0.267. The monoisotopic (exact) mass is 372 g/mol. The molecule has 0 saturated heterocycles. The van der Waals surface area contributed by atoms with E-state index in [-0.39, 0.29) is 18.3 Å². The van der Waals surface area contributed by atoms with Gasteiger partial charge in [0.2, 0.25) is 0 Å². The first-order valence-electron chi connectivity index (χ1n) is 6.85. The van der Waals surface area contributed by atoms with E-state index in [4.69, 9.17) is 11.6 Å². The van der Waals surface area contributed by atoms with Gasteiger partial charge in [-0.05, 0) is 40.1 Å². The van der Waals surface area contributed by atoms with Gasteiger partial charge >= 0.3 is 6.03 Å². The number of carbonyl (C=O) groups excluding carboxylic acids is 1. The van der Waals surface area contributed by atoms with Gasteiger partial charge in [0, 0.05) is 17.8 Å². The highest BCUT2D eigenvalue weighted by molar-refractivity contribution is 7.90. The van der Waals surface area contributed by atoms with Gasteiger partial charge in [0.25, 0.3) is 0 Å². The lowest BCUT2D eigenvalue weighted by Crippen LogP contribution is -2.40. The summed E-state index contributed by atoms with van der Waals surface area (Å²) >= 11 is 7.44. The van der Waals surface area contributed by atoms with Crippen LogP contribution in [0, 0.1) is 0 Å². The normalized spacial score (nSPS) is 12.6. The SMILES string of the molecule is CS(=O)(=O)CCNC(=O)NC(c1ccc(Cl)cc1)c1ccsc1. The second-order valence-corrected chi connectivity index (χ2v) is 8.55. The van der Waals surface area contributed by atoms with Crippen LogP contribution in [0.15, 0.2) is 41.1 Å². The van der Waals surface area contributed by atoms with Gasteiger partial charge in [-0.25, -0.2) is 13.2 Å². The Morgan fingerprint density at radius 1 is 1.22 bits per heavy atom. The summed E-state index contributed by atoms with van der Waals surface area (Å²) in [7, 11) is -3.10. The van der Waals surface area contributed by atoms with E-state index in [1.165, 1.54) is 11.3 Å². The lowest BCUT2D eigenvalue weighted by molar-refractivity contribution is 0.239. The lowest BCUT2D eigenvalue weighted by Gasteiger charge is -2.19. The lowest BCUT2D eigenvalue weighted by atomic mass is 10.0. The third-order valence-corrected chi connectivity index (χ3v) is 5.01. The first-order chi connectivity index (χ1) is 10.8. The van der Waals surface area contributed by atoms with E-state index in [1.807, 2.05) is 29.0 Å². The molecule has 0 spiro atoms. The summed E-state index contributed by atoms with van der Waals surface area (Å²) in [6.07, 6.45) is 1.13. The second kappa shape index (κ2) is 7.81. The number of amides is 2. The number of sulfone groups is 1. The Morgan fingerprint density at radius 2 is 1.91 bits per heavy atom. The van der Waals surface area contributed by atoms with Gasteiger partial charge in [0.05, 0.1) is 11.8 Å². The molecule has 0 aliphatic heterocycles. The van der Waals surface area contributed by atoms with Gasteiger partial charge in [0.15, 0.2) is 0 Å². The van der Waals surface area contributed by atoms with E-state index in [0.717, 1.165) is 17.4 Å². The van der Waals surface area contributed by atoms with Crippen LogP contribution in [0.3, 0.4) is 0 Å². The average molecular weight is 373 g/mol. The van der Waals surface area contributed by atoms with E-state index < -0.39 is 15.9 Å². The standard InChI is InChI=1S/C15H17ClN2O3S2/c1-23(20,21)9-7-17-15(19)18-14(12-6-8-22-10-12)11-2-4-13(16)5-3-11/h2-6,8,10,14H,7,9H2,1H3,(H2,17,18,19). The Morgan fingerprint density at radius 3 is 2.48 bits per heavy atom. The summed E-state index contributed by atoms with van der Waals surface area (Å²) in [6, 6.07) is 8.42. The van der Waals surface area contributed by atoms with Crippen LogP contribution in [-0.2, 0) is 9.84 Å². The zero-order valence-corrected chi connectivity index (χ0v) is 14.8. The molecule has 0 fully saturated rings. The highest BCUT2D eigenvalue weighted by Gasteiger charge is 2.17. The Balaban J connectivity index is 2.07. The van der Waals surface area contributed by atoms with Gasteiger partial charge < -0.3 is 10.6 Å². The van der Waals surface area contributed by atoms with Crippen LogP contribution in [-0.4, -0.2) is 33.0 Å². The summed E-state index contributed by atoms with van der Waals surface area (Å²) in [5.74, 6) is -0.0928. The van der Waals surface area contributed by atoms with Crippen LogP contribution in [0.1, 0.15) is 17.2 Å². The van der Waals surface area contributed by atoms with Crippen molar-refractivity contribution in [3.8, 4) is 0 Å². The van der Waals surface area contributed by atoms with Crippen molar-refractivity contribution in [3.05, 3.63) is 57.2 Å². The molecule has 23 heavy (non-hydrogen) atoms. The van der Waals surface area contributed by atoms with E-state index in [0.29, 0.717) is 5.02 Å². The molecule has 2 amide bonds. The smallest absolute Gasteiger partial charge is 0.315 e. The number of thiophene rings is 1. The molecule has 0 aliphatic carbocycles. The van der Waals surface area contributed by atoms with Crippen molar-refractivity contribution in [1.29, 1.82) is 0 Å². The largest absolute Gasteiger partial charge is 0.337 e. The fourth-order valence-corrected chi connectivity index (χ4v) is 3.27. The number of benzene rings is 1. The molecule has 0 saturated carbocycles. The van der Waals surface area contributed by atoms with E-state index in [2.05, 4.69) is 10.6 Å². The Bertz CT molecular complexity index is 744. The minimum Gasteiger partial charge on any atom is -0.337 e. The molecule has 1 heterocycles. The molecule has 2 N–H and O–H groups in total. The maximum absolute atomic E-state index is 12.0. The van der Waals surface area contributed by atoms with Gasteiger partial charge in [-0.1, -0.05) is 23.7 Å². The number of nitrogens with one attached hydrogen (secondary N) is 2. The predicted octanol–water partition coefficient (Wildman–Crippen LogP) is 2.83. The Kier molecular flexibility index (Phi) is 6.04. The number of halogens is 1.